The van der Waals surface area contributed by atoms with Crippen LogP contribution in [0.15, 0.2) is 47.3 Å². The van der Waals surface area contributed by atoms with Crippen LogP contribution in [0.25, 0.3) is 21.9 Å². The second kappa shape index (κ2) is 6.84. The van der Waals surface area contributed by atoms with Crippen molar-refractivity contribution in [1.29, 1.82) is 0 Å². The number of carbonyl (C=O) groups is 1. The van der Waals surface area contributed by atoms with E-state index in [0.717, 1.165) is 11.4 Å². The average molecular weight is 374 g/mol. The van der Waals surface area contributed by atoms with Gasteiger partial charge in [0.05, 0.1) is 38.9 Å². The van der Waals surface area contributed by atoms with E-state index in [4.69, 9.17) is 4.74 Å². The number of nitrogens with one attached hydrogen (secondary N) is 1. The van der Waals surface area contributed by atoms with Crippen LogP contribution in [-0.2, 0) is 4.74 Å². The molecule has 140 valence electrons. The summed E-state index contributed by atoms with van der Waals surface area (Å²) >= 11 is 0. The molecule has 0 radical (unpaired) electrons. The van der Waals surface area contributed by atoms with Gasteiger partial charge in [-0.3, -0.25) is 4.79 Å². The molecule has 0 bridgehead atoms. The van der Waals surface area contributed by atoms with Gasteiger partial charge >= 0.3 is 5.97 Å². The van der Waals surface area contributed by atoms with Crippen molar-refractivity contribution in [3.05, 3.63) is 75.6 Å². The van der Waals surface area contributed by atoms with Crippen molar-refractivity contribution < 1.29 is 9.53 Å². The van der Waals surface area contributed by atoms with Crippen molar-refractivity contribution in [2.45, 2.75) is 26.9 Å². The third-order valence-electron chi connectivity index (χ3n) is 4.61. The molecule has 7 nitrogen and oxygen atoms in total. The highest BCUT2D eigenvalue weighted by molar-refractivity contribution is 5.93. The van der Waals surface area contributed by atoms with Crippen LogP contribution in [0.3, 0.4) is 0 Å². The normalized spacial score (nSPS) is 12.2. The van der Waals surface area contributed by atoms with Gasteiger partial charge in [0.1, 0.15) is 0 Å². The Labute approximate surface area is 160 Å². The summed E-state index contributed by atoms with van der Waals surface area (Å²) in [6.45, 7) is 5.43. The number of ether oxygens (including phenoxy) is 1. The molecule has 28 heavy (non-hydrogen) atoms. The molecule has 4 aromatic rings. The minimum absolute atomic E-state index is 0.268. The Morgan fingerprint density at radius 3 is 2.46 bits per heavy atom. The second-order valence-corrected chi connectivity index (χ2v) is 6.61. The topological polar surface area (TPSA) is 97.8 Å². The van der Waals surface area contributed by atoms with Gasteiger partial charge in [-0.25, -0.2) is 19.7 Å². The first-order valence-electron chi connectivity index (χ1n) is 8.87. The lowest BCUT2D eigenvalue weighted by Gasteiger charge is -2.13. The predicted octanol–water partition coefficient (Wildman–Crippen LogP) is 3.40. The molecule has 4 rings (SSSR count). The molecule has 2 heterocycles. The van der Waals surface area contributed by atoms with Gasteiger partial charge < -0.3 is 9.72 Å². The number of esters is 1. The Kier molecular flexibility index (Phi) is 4.35. The fourth-order valence-electron chi connectivity index (χ4n) is 2.94. The van der Waals surface area contributed by atoms with Gasteiger partial charge in [-0.2, -0.15) is 0 Å². The summed E-state index contributed by atoms with van der Waals surface area (Å²) in [5.74, 6) is -0.227. The number of H-pyrrole nitrogens is 1. The Morgan fingerprint density at radius 1 is 0.964 bits per heavy atom. The average Bonchev–Trinajstić information content (AvgIpc) is 2.68. The summed E-state index contributed by atoms with van der Waals surface area (Å²) in [5, 5.41) is 0.489. The summed E-state index contributed by atoms with van der Waals surface area (Å²) in [5.41, 5.74) is 3.65. The summed E-state index contributed by atoms with van der Waals surface area (Å²) in [7, 11) is 0. The highest BCUT2D eigenvalue weighted by Gasteiger charge is 2.17. The van der Waals surface area contributed by atoms with E-state index in [-0.39, 0.29) is 5.56 Å². The fourth-order valence-corrected chi connectivity index (χ4v) is 2.94. The number of aromatic amines is 1. The first kappa shape index (κ1) is 17.8. The van der Waals surface area contributed by atoms with Crippen LogP contribution >= 0.6 is 0 Å². The number of rotatable bonds is 3. The van der Waals surface area contributed by atoms with Crippen LogP contribution in [0.4, 0.5) is 0 Å². The summed E-state index contributed by atoms with van der Waals surface area (Å²) in [4.78, 5) is 40.8. The van der Waals surface area contributed by atoms with Gasteiger partial charge in [0.25, 0.3) is 5.56 Å². The molecule has 0 fully saturated rings. The molecule has 0 aliphatic heterocycles. The minimum atomic E-state index is -0.716. The number of para-hydroxylation sites is 1. The van der Waals surface area contributed by atoms with Crippen molar-refractivity contribution in [1.82, 2.24) is 19.9 Å². The van der Waals surface area contributed by atoms with Gasteiger partial charge in [0.15, 0.2) is 11.9 Å². The van der Waals surface area contributed by atoms with E-state index in [1.54, 1.807) is 49.4 Å². The third-order valence-corrected chi connectivity index (χ3v) is 4.61. The van der Waals surface area contributed by atoms with Crippen molar-refractivity contribution >= 4 is 27.9 Å². The largest absolute Gasteiger partial charge is 0.451 e. The maximum atomic E-state index is 12.6. The van der Waals surface area contributed by atoms with Crippen molar-refractivity contribution in [2.75, 3.05) is 0 Å². The SMILES string of the molecule is Cc1nc2ccc(C(=O)O[C@H](C)c3nc4ccccc4c(=O)[nH]3)cc2nc1C. The number of fused-ring (bicyclic) bond motifs is 2. The zero-order valence-electron chi connectivity index (χ0n) is 15.7. The quantitative estimate of drug-likeness (QED) is 0.552. The van der Waals surface area contributed by atoms with Gasteiger partial charge in [-0.05, 0) is 51.1 Å². The Balaban J connectivity index is 1.62. The standard InChI is InChI=1S/C21H18N4O3/c1-11-12(2)23-18-10-14(8-9-17(18)22-11)21(27)28-13(3)19-24-16-7-5-4-6-15(16)20(26)25-19/h4-10,13H,1-3H3,(H,24,25,26)/t13-/m1/s1. The molecule has 1 atom stereocenters. The molecule has 0 saturated carbocycles. The minimum Gasteiger partial charge on any atom is -0.451 e. The van der Waals surface area contributed by atoms with Crippen LogP contribution in [0.2, 0.25) is 0 Å². The van der Waals surface area contributed by atoms with Crippen molar-refractivity contribution in [3.63, 3.8) is 0 Å². The van der Waals surface area contributed by atoms with Gasteiger partial charge in [0.2, 0.25) is 0 Å². The Hall–Kier alpha value is -3.61. The number of hydrogen-bond donors (Lipinski definition) is 1. The van der Waals surface area contributed by atoms with E-state index < -0.39 is 12.1 Å². The molecular formula is C21H18N4O3. The molecule has 2 aromatic carbocycles. The lowest BCUT2D eigenvalue weighted by atomic mass is 10.2. The van der Waals surface area contributed by atoms with Crippen LogP contribution in [-0.4, -0.2) is 25.9 Å². The fraction of sp³-hybridized carbons (Fsp3) is 0.190. The highest BCUT2D eigenvalue weighted by Crippen LogP contribution is 2.19. The van der Waals surface area contributed by atoms with Gasteiger partial charge in [-0.15, -0.1) is 0 Å². The van der Waals surface area contributed by atoms with Gasteiger partial charge in [-0.1, -0.05) is 12.1 Å². The maximum absolute atomic E-state index is 12.6. The van der Waals surface area contributed by atoms with E-state index in [0.29, 0.717) is 33.3 Å². The lowest BCUT2D eigenvalue weighted by Crippen LogP contribution is -2.17. The third kappa shape index (κ3) is 3.22. The van der Waals surface area contributed by atoms with Crippen molar-refractivity contribution in [2.24, 2.45) is 0 Å². The van der Waals surface area contributed by atoms with Crippen molar-refractivity contribution in [3.8, 4) is 0 Å². The molecule has 0 spiro atoms. The first-order chi connectivity index (χ1) is 13.4. The van der Waals surface area contributed by atoms with E-state index in [1.807, 2.05) is 13.8 Å². The molecule has 0 amide bonds. The summed E-state index contributed by atoms with van der Waals surface area (Å²) in [6, 6.07) is 12.1. The van der Waals surface area contributed by atoms with Crippen LogP contribution in [0.1, 0.15) is 40.6 Å². The maximum Gasteiger partial charge on any atom is 0.338 e. The highest BCUT2D eigenvalue weighted by atomic mass is 16.5. The molecule has 0 unspecified atom stereocenters. The van der Waals surface area contributed by atoms with Gasteiger partial charge in [0, 0.05) is 0 Å². The number of benzene rings is 2. The molecule has 0 aliphatic rings. The lowest BCUT2D eigenvalue weighted by molar-refractivity contribution is 0.0320. The second-order valence-electron chi connectivity index (χ2n) is 6.61. The number of carbonyl (C=O) groups excluding carboxylic acids is 1. The molecule has 0 saturated heterocycles. The molecule has 7 heteroatoms. The Bertz CT molecular complexity index is 1280. The summed E-state index contributed by atoms with van der Waals surface area (Å²) < 4.78 is 5.51. The predicted molar refractivity (Wildman–Crippen MR) is 105 cm³/mol. The van der Waals surface area contributed by atoms with E-state index in [2.05, 4.69) is 19.9 Å². The smallest absolute Gasteiger partial charge is 0.338 e. The zero-order chi connectivity index (χ0) is 19.8. The summed E-state index contributed by atoms with van der Waals surface area (Å²) in [6.07, 6.45) is -0.716. The zero-order valence-corrected chi connectivity index (χ0v) is 15.7. The van der Waals surface area contributed by atoms with Crippen LogP contribution < -0.4 is 5.56 Å². The van der Waals surface area contributed by atoms with Crippen LogP contribution in [0, 0.1) is 13.8 Å². The number of aromatic nitrogens is 4. The Morgan fingerprint density at radius 2 is 1.68 bits per heavy atom. The van der Waals surface area contributed by atoms with E-state index in [1.165, 1.54) is 0 Å². The molecule has 2 aromatic heterocycles. The molecule has 0 aliphatic carbocycles. The first-order valence-corrected chi connectivity index (χ1v) is 8.87. The number of nitrogens with zero attached hydrogens (tertiary/aromatic N) is 3. The molecular weight excluding hydrogens is 356 g/mol. The number of hydrogen-bond acceptors (Lipinski definition) is 6. The van der Waals surface area contributed by atoms with E-state index in [9.17, 15) is 9.59 Å². The molecule has 1 N–H and O–H groups in total. The number of aryl methyl sites for hydroxylation is 2. The van der Waals surface area contributed by atoms with E-state index >= 15 is 0 Å². The van der Waals surface area contributed by atoms with Crippen LogP contribution in [0.5, 0.6) is 0 Å². The monoisotopic (exact) mass is 374 g/mol.